The van der Waals surface area contributed by atoms with Crippen LogP contribution in [0.2, 0.25) is 0 Å². The highest BCUT2D eigenvalue weighted by Gasteiger charge is 2.34. The van der Waals surface area contributed by atoms with Gasteiger partial charge in [0.25, 0.3) is 0 Å². The molecule has 0 unspecified atom stereocenters. The molecule has 1 aromatic rings. The molecule has 0 aliphatic carbocycles. The summed E-state index contributed by atoms with van der Waals surface area (Å²) in [7, 11) is 0. The monoisotopic (exact) mass is 283 g/mol. The number of hydrogen-bond acceptors (Lipinski definition) is 3. The van der Waals surface area contributed by atoms with Gasteiger partial charge in [-0.3, -0.25) is 0 Å². The van der Waals surface area contributed by atoms with Gasteiger partial charge in [0.05, 0.1) is 11.8 Å². The fraction of sp³-hybridized carbons (Fsp3) is 0.111. The number of hydrazone groups is 1. The van der Waals surface area contributed by atoms with Crippen molar-refractivity contribution in [2.24, 2.45) is 10.8 Å². The van der Waals surface area contributed by atoms with Gasteiger partial charge < -0.3 is 10.5 Å². The number of benzene rings is 1. The average molecular weight is 283 g/mol. The van der Waals surface area contributed by atoms with Crippen molar-refractivity contribution in [1.29, 1.82) is 0 Å². The molecular weight excluding hydrogens is 277 g/mol. The summed E-state index contributed by atoms with van der Waals surface area (Å²) in [5.74, 6) is -4.07. The van der Waals surface area contributed by atoms with E-state index in [1.165, 1.54) is 0 Å². The van der Waals surface area contributed by atoms with Crippen molar-refractivity contribution in [3.8, 4) is 5.75 Å². The number of halogens is 5. The summed E-state index contributed by atoms with van der Waals surface area (Å²) in [6.07, 6.45) is -4.78. The fourth-order valence-electron chi connectivity index (χ4n) is 1.05. The standard InChI is InChI=1S/C9H6F5N3O2/c10-5-1-2-6(11)7(19-9(12,13)14)4(5)3-16-17-8(15)18/h1-3H,(H3,15,17,18). The minimum atomic E-state index is -5.21. The molecule has 0 aliphatic rings. The van der Waals surface area contributed by atoms with Crippen molar-refractivity contribution in [3.63, 3.8) is 0 Å². The second-order valence-corrected chi connectivity index (χ2v) is 3.05. The van der Waals surface area contributed by atoms with Gasteiger partial charge in [-0.15, -0.1) is 13.2 Å². The number of alkyl halides is 3. The molecule has 0 heterocycles. The van der Waals surface area contributed by atoms with Crippen LogP contribution in [-0.2, 0) is 0 Å². The van der Waals surface area contributed by atoms with Gasteiger partial charge >= 0.3 is 12.4 Å². The van der Waals surface area contributed by atoms with Crippen LogP contribution in [0.5, 0.6) is 5.75 Å². The molecule has 5 nitrogen and oxygen atoms in total. The van der Waals surface area contributed by atoms with E-state index in [0.717, 1.165) is 0 Å². The number of carbonyl (C=O) groups excluding carboxylic acids is 1. The first-order valence-corrected chi connectivity index (χ1v) is 4.53. The Bertz CT molecular complexity index is 515. The van der Waals surface area contributed by atoms with E-state index in [2.05, 4.69) is 15.6 Å². The van der Waals surface area contributed by atoms with Crippen LogP contribution >= 0.6 is 0 Å². The SMILES string of the molecule is NC(=O)NN=Cc1c(F)ccc(F)c1OC(F)(F)F. The first kappa shape index (κ1) is 14.7. The van der Waals surface area contributed by atoms with Gasteiger partial charge in [-0.05, 0) is 12.1 Å². The summed E-state index contributed by atoms with van der Waals surface area (Å²) in [4.78, 5) is 10.3. The van der Waals surface area contributed by atoms with Crippen LogP contribution in [0.3, 0.4) is 0 Å². The highest BCUT2D eigenvalue weighted by molar-refractivity contribution is 5.85. The van der Waals surface area contributed by atoms with Crippen LogP contribution in [0.15, 0.2) is 17.2 Å². The molecule has 0 aromatic heterocycles. The van der Waals surface area contributed by atoms with E-state index < -0.39 is 35.3 Å². The molecule has 10 heteroatoms. The summed E-state index contributed by atoms with van der Waals surface area (Å²) < 4.78 is 65.9. The average Bonchev–Trinajstić information content (AvgIpc) is 2.25. The third kappa shape index (κ3) is 4.41. The number of rotatable bonds is 3. The lowest BCUT2D eigenvalue weighted by atomic mass is 10.2. The number of nitrogens with zero attached hydrogens (tertiary/aromatic N) is 1. The smallest absolute Gasteiger partial charge is 0.402 e. The Labute approximate surface area is 102 Å². The maximum Gasteiger partial charge on any atom is 0.573 e. The minimum absolute atomic E-state index is 0.435. The number of primary amides is 1. The molecule has 104 valence electrons. The van der Waals surface area contributed by atoms with E-state index in [1.807, 2.05) is 0 Å². The number of nitrogens with one attached hydrogen (secondary N) is 1. The molecule has 0 spiro atoms. The molecule has 1 rings (SSSR count). The first-order chi connectivity index (χ1) is 8.70. The molecule has 0 saturated heterocycles. The molecule has 0 atom stereocenters. The number of urea groups is 1. The van der Waals surface area contributed by atoms with Gasteiger partial charge in [-0.25, -0.2) is 19.0 Å². The zero-order valence-electron chi connectivity index (χ0n) is 8.96. The highest BCUT2D eigenvalue weighted by Crippen LogP contribution is 2.29. The lowest BCUT2D eigenvalue weighted by Crippen LogP contribution is -2.24. The quantitative estimate of drug-likeness (QED) is 0.504. The molecular formula is C9H6F5N3O2. The first-order valence-electron chi connectivity index (χ1n) is 4.53. The van der Waals surface area contributed by atoms with Crippen molar-refractivity contribution in [2.45, 2.75) is 6.36 Å². The van der Waals surface area contributed by atoms with Crippen LogP contribution in [0.1, 0.15) is 5.56 Å². The van der Waals surface area contributed by atoms with E-state index >= 15 is 0 Å². The Morgan fingerprint density at radius 3 is 2.42 bits per heavy atom. The van der Waals surface area contributed by atoms with E-state index in [0.29, 0.717) is 18.3 Å². The van der Waals surface area contributed by atoms with Gasteiger partial charge in [-0.2, -0.15) is 5.10 Å². The number of ether oxygens (including phenoxy) is 1. The number of hydrogen-bond donors (Lipinski definition) is 2. The molecule has 0 fully saturated rings. The third-order valence-corrected chi connectivity index (χ3v) is 1.68. The Morgan fingerprint density at radius 1 is 1.32 bits per heavy atom. The largest absolute Gasteiger partial charge is 0.573 e. The summed E-state index contributed by atoms with van der Waals surface area (Å²) in [5, 5.41) is 3.03. The Morgan fingerprint density at radius 2 is 1.89 bits per heavy atom. The topological polar surface area (TPSA) is 76.7 Å². The molecule has 3 N–H and O–H groups in total. The van der Waals surface area contributed by atoms with E-state index in [-0.39, 0.29) is 0 Å². The molecule has 19 heavy (non-hydrogen) atoms. The highest BCUT2D eigenvalue weighted by atomic mass is 19.4. The molecule has 0 saturated carbocycles. The van der Waals surface area contributed by atoms with E-state index in [4.69, 9.17) is 0 Å². The zero-order valence-corrected chi connectivity index (χ0v) is 8.96. The fourth-order valence-corrected chi connectivity index (χ4v) is 1.05. The second-order valence-electron chi connectivity index (χ2n) is 3.05. The maximum absolute atomic E-state index is 13.3. The summed E-state index contributed by atoms with van der Waals surface area (Å²) >= 11 is 0. The van der Waals surface area contributed by atoms with Crippen molar-refractivity contribution in [2.75, 3.05) is 0 Å². The van der Waals surface area contributed by atoms with Gasteiger partial charge in [0, 0.05) is 0 Å². The van der Waals surface area contributed by atoms with Gasteiger partial charge in [0.15, 0.2) is 11.6 Å². The lowest BCUT2D eigenvalue weighted by Gasteiger charge is -2.12. The maximum atomic E-state index is 13.3. The van der Waals surface area contributed by atoms with Crippen molar-refractivity contribution < 1.29 is 31.5 Å². The van der Waals surface area contributed by atoms with E-state index in [9.17, 15) is 26.7 Å². The van der Waals surface area contributed by atoms with Crippen LogP contribution in [0, 0.1) is 11.6 Å². The molecule has 0 radical (unpaired) electrons. The van der Waals surface area contributed by atoms with Crippen LogP contribution in [0.25, 0.3) is 0 Å². The zero-order chi connectivity index (χ0) is 14.6. The Balaban J connectivity index is 3.16. The van der Waals surface area contributed by atoms with Gasteiger partial charge in [0.2, 0.25) is 0 Å². The van der Waals surface area contributed by atoms with Crippen LogP contribution < -0.4 is 15.9 Å². The summed E-state index contributed by atoms with van der Waals surface area (Å²) in [5.41, 5.74) is 5.31. The molecule has 1 aromatic carbocycles. The Hall–Kier alpha value is -2.39. The van der Waals surface area contributed by atoms with Crippen molar-refractivity contribution in [3.05, 3.63) is 29.3 Å². The number of carbonyl (C=O) groups is 1. The molecule has 2 amide bonds. The van der Waals surface area contributed by atoms with Crippen LogP contribution in [-0.4, -0.2) is 18.6 Å². The van der Waals surface area contributed by atoms with Crippen molar-refractivity contribution >= 4 is 12.2 Å². The molecule has 0 aliphatic heterocycles. The number of nitrogens with two attached hydrogens (primary N) is 1. The third-order valence-electron chi connectivity index (χ3n) is 1.68. The van der Waals surface area contributed by atoms with Gasteiger partial charge in [0.1, 0.15) is 5.82 Å². The van der Waals surface area contributed by atoms with E-state index in [1.54, 1.807) is 5.43 Å². The van der Waals surface area contributed by atoms with Crippen molar-refractivity contribution in [1.82, 2.24) is 5.43 Å². The molecule has 0 bridgehead atoms. The minimum Gasteiger partial charge on any atom is -0.402 e. The predicted octanol–water partition coefficient (Wildman–Crippen LogP) is 1.87. The second kappa shape index (κ2) is 5.50. The normalized spacial score (nSPS) is 11.6. The number of amides is 2. The predicted molar refractivity (Wildman–Crippen MR) is 53.4 cm³/mol. The lowest BCUT2D eigenvalue weighted by molar-refractivity contribution is -0.275. The Kier molecular flexibility index (Phi) is 4.25. The summed E-state index contributed by atoms with van der Waals surface area (Å²) in [6.45, 7) is 0. The van der Waals surface area contributed by atoms with Crippen LogP contribution in [0.4, 0.5) is 26.7 Å². The summed E-state index contributed by atoms with van der Waals surface area (Å²) in [6, 6.07) is -0.106. The van der Waals surface area contributed by atoms with Gasteiger partial charge in [-0.1, -0.05) is 0 Å².